The Kier molecular flexibility index (Phi) is 4.05. The highest BCUT2D eigenvalue weighted by Gasteiger charge is 2.14. The summed E-state index contributed by atoms with van der Waals surface area (Å²) in [5.74, 6) is -2.56. The zero-order valence-electron chi connectivity index (χ0n) is 10.3. The third-order valence-corrected chi connectivity index (χ3v) is 2.61. The number of aromatic nitrogens is 1. The second-order valence-corrected chi connectivity index (χ2v) is 4.02. The predicted molar refractivity (Wildman–Crippen MR) is 69.9 cm³/mol. The fourth-order valence-electron chi connectivity index (χ4n) is 1.70. The maximum Gasteiger partial charge on any atom is 0.307 e. The van der Waals surface area contributed by atoms with Gasteiger partial charge in [-0.1, -0.05) is 18.2 Å². The molecule has 102 valence electrons. The Morgan fingerprint density at radius 2 is 1.95 bits per heavy atom. The number of hydrogen-bond donors (Lipinski definition) is 2. The number of nitrogens with zero attached hydrogens (tertiary/aromatic N) is 1. The predicted octanol–water partition coefficient (Wildman–Crippen LogP) is 2.10. The number of rotatable bonds is 4. The Morgan fingerprint density at radius 1 is 1.20 bits per heavy atom. The zero-order chi connectivity index (χ0) is 14.5. The van der Waals surface area contributed by atoms with E-state index < -0.39 is 17.8 Å². The number of pyridine rings is 1. The fraction of sp³-hybridized carbons (Fsp3) is 0.0714. The third kappa shape index (κ3) is 3.17. The largest absolute Gasteiger partial charge is 0.481 e. The van der Waals surface area contributed by atoms with E-state index in [-0.39, 0.29) is 12.0 Å². The van der Waals surface area contributed by atoms with Crippen molar-refractivity contribution >= 4 is 17.6 Å². The van der Waals surface area contributed by atoms with E-state index in [9.17, 15) is 14.0 Å². The number of benzene rings is 1. The van der Waals surface area contributed by atoms with Crippen molar-refractivity contribution in [3.05, 3.63) is 59.7 Å². The quantitative estimate of drug-likeness (QED) is 0.837. The summed E-state index contributed by atoms with van der Waals surface area (Å²) in [6, 6.07) is 9.21. The highest BCUT2D eigenvalue weighted by atomic mass is 19.1. The van der Waals surface area contributed by atoms with Crippen molar-refractivity contribution < 1.29 is 19.1 Å². The number of amides is 1. The molecule has 20 heavy (non-hydrogen) atoms. The molecular weight excluding hydrogens is 263 g/mol. The molecule has 0 fully saturated rings. The molecule has 0 saturated heterocycles. The van der Waals surface area contributed by atoms with Crippen LogP contribution in [0.4, 0.5) is 10.1 Å². The number of para-hydroxylation sites is 1. The molecule has 1 aromatic carbocycles. The van der Waals surface area contributed by atoms with Crippen LogP contribution in [0.5, 0.6) is 0 Å². The average molecular weight is 274 g/mol. The summed E-state index contributed by atoms with van der Waals surface area (Å²) in [6.07, 6.45) is 1.01. The maximum absolute atomic E-state index is 13.4. The molecule has 0 radical (unpaired) electrons. The minimum absolute atomic E-state index is 0.197. The Labute approximate surface area is 114 Å². The molecule has 0 aliphatic heterocycles. The van der Waals surface area contributed by atoms with Gasteiger partial charge >= 0.3 is 5.97 Å². The lowest BCUT2D eigenvalue weighted by molar-refractivity contribution is -0.136. The van der Waals surface area contributed by atoms with Crippen molar-refractivity contribution in [2.24, 2.45) is 0 Å². The van der Waals surface area contributed by atoms with Gasteiger partial charge in [-0.3, -0.25) is 9.59 Å². The number of carbonyl (C=O) groups is 2. The number of halogens is 1. The third-order valence-electron chi connectivity index (χ3n) is 2.61. The van der Waals surface area contributed by atoms with Gasteiger partial charge in [-0.15, -0.1) is 0 Å². The molecule has 0 aliphatic carbocycles. The van der Waals surface area contributed by atoms with Gasteiger partial charge in [-0.2, -0.15) is 4.39 Å². The lowest BCUT2D eigenvalue weighted by Gasteiger charge is -2.09. The molecule has 1 aromatic heterocycles. The van der Waals surface area contributed by atoms with E-state index >= 15 is 0 Å². The van der Waals surface area contributed by atoms with E-state index in [4.69, 9.17) is 5.11 Å². The minimum Gasteiger partial charge on any atom is -0.481 e. The summed E-state index contributed by atoms with van der Waals surface area (Å²) in [6.45, 7) is 0. The van der Waals surface area contributed by atoms with E-state index in [1.54, 1.807) is 24.3 Å². The van der Waals surface area contributed by atoms with Crippen LogP contribution < -0.4 is 5.32 Å². The van der Waals surface area contributed by atoms with E-state index in [1.807, 2.05) is 0 Å². The number of carboxylic acids is 1. The monoisotopic (exact) mass is 274 g/mol. The van der Waals surface area contributed by atoms with E-state index in [1.165, 1.54) is 18.3 Å². The summed E-state index contributed by atoms with van der Waals surface area (Å²) in [7, 11) is 0. The summed E-state index contributed by atoms with van der Waals surface area (Å²) in [5.41, 5.74) is 0.582. The second-order valence-electron chi connectivity index (χ2n) is 4.02. The summed E-state index contributed by atoms with van der Waals surface area (Å²) < 4.78 is 13.4. The minimum atomic E-state index is -1.01. The van der Waals surface area contributed by atoms with Gasteiger partial charge in [0.1, 0.15) is 0 Å². The van der Waals surface area contributed by atoms with Gasteiger partial charge in [-0.25, -0.2) is 4.98 Å². The lowest BCUT2D eigenvalue weighted by Crippen LogP contribution is -2.16. The van der Waals surface area contributed by atoms with E-state index in [0.717, 1.165) is 0 Å². The Morgan fingerprint density at radius 3 is 2.65 bits per heavy atom. The number of hydrogen-bond acceptors (Lipinski definition) is 3. The van der Waals surface area contributed by atoms with Crippen LogP contribution in [0.25, 0.3) is 0 Å². The molecule has 5 nitrogen and oxygen atoms in total. The van der Waals surface area contributed by atoms with Gasteiger partial charge in [0, 0.05) is 11.9 Å². The molecule has 1 amide bonds. The number of carboxylic acid groups (broad SMARTS) is 1. The van der Waals surface area contributed by atoms with E-state index in [2.05, 4.69) is 10.3 Å². The van der Waals surface area contributed by atoms with Gasteiger partial charge in [0.2, 0.25) is 5.95 Å². The summed E-state index contributed by atoms with van der Waals surface area (Å²) in [5, 5.41) is 11.3. The number of carbonyl (C=O) groups excluding carboxylic acids is 1. The van der Waals surface area contributed by atoms with Crippen LogP contribution in [0.2, 0.25) is 0 Å². The van der Waals surface area contributed by atoms with Crippen molar-refractivity contribution in [2.45, 2.75) is 6.42 Å². The normalized spacial score (nSPS) is 10.1. The first-order chi connectivity index (χ1) is 9.58. The first-order valence-corrected chi connectivity index (χ1v) is 5.79. The average Bonchev–Trinajstić information content (AvgIpc) is 2.41. The fourth-order valence-corrected chi connectivity index (χ4v) is 1.70. The molecule has 0 unspecified atom stereocenters. The first-order valence-electron chi connectivity index (χ1n) is 5.79. The molecule has 0 aliphatic rings. The summed E-state index contributed by atoms with van der Waals surface area (Å²) >= 11 is 0. The van der Waals surface area contributed by atoms with Crippen LogP contribution in [0.15, 0.2) is 42.6 Å². The number of aliphatic carboxylic acids is 1. The molecule has 1 heterocycles. The number of anilines is 1. The lowest BCUT2D eigenvalue weighted by atomic mass is 10.1. The molecule has 2 N–H and O–H groups in total. The van der Waals surface area contributed by atoms with Crippen molar-refractivity contribution in [3.63, 3.8) is 0 Å². The molecular formula is C14H11FN2O3. The maximum atomic E-state index is 13.4. The van der Waals surface area contributed by atoms with Gasteiger partial charge in [0.25, 0.3) is 5.91 Å². The standard InChI is InChI=1S/C14H11FN2O3/c15-13-10(5-3-7-16-13)14(20)17-11-6-2-1-4-9(11)8-12(18)19/h1-7H,8H2,(H,17,20)(H,18,19). The molecule has 6 heteroatoms. The van der Waals surface area contributed by atoms with Crippen LogP contribution in [0.1, 0.15) is 15.9 Å². The van der Waals surface area contributed by atoms with Crippen LogP contribution >= 0.6 is 0 Å². The zero-order valence-corrected chi connectivity index (χ0v) is 10.3. The van der Waals surface area contributed by atoms with Crippen LogP contribution in [-0.2, 0) is 11.2 Å². The van der Waals surface area contributed by atoms with Crippen molar-refractivity contribution in [1.82, 2.24) is 4.98 Å². The highest BCUT2D eigenvalue weighted by molar-refractivity contribution is 6.04. The van der Waals surface area contributed by atoms with Crippen molar-refractivity contribution in [1.29, 1.82) is 0 Å². The van der Waals surface area contributed by atoms with Crippen molar-refractivity contribution in [3.8, 4) is 0 Å². The van der Waals surface area contributed by atoms with Crippen LogP contribution in [0, 0.1) is 5.95 Å². The van der Waals surface area contributed by atoms with Gasteiger partial charge in [0.15, 0.2) is 0 Å². The van der Waals surface area contributed by atoms with Gasteiger partial charge in [0.05, 0.1) is 12.0 Å². The van der Waals surface area contributed by atoms with Crippen LogP contribution in [0.3, 0.4) is 0 Å². The smallest absolute Gasteiger partial charge is 0.307 e. The molecule has 0 atom stereocenters. The molecule has 2 rings (SSSR count). The van der Waals surface area contributed by atoms with Gasteiger partial charge in [-0.05, 0) is 23.8 Å². The SMILES string of the molecule is O=C(O)Cc1ccccc1NC(=O)c1cccnc1F. The molecule has 0 spiro atoms. The molecule has 2 aromatic rings. The topological polar surface area (TPSA) is 79.3 Å². The molecule has 0 saturated carbocycles. The Hall–Kier alpha value is -2.76. The second kappa shape index (κ2) is 5.92. The van der Waals surface area contributed by atoms with Gasteiger partial charge < -0.3 is 10.4 Å². The Bertz CT molecular complexity index is 658. The Balaban J connectivity index is 2.24. The van der Waals surface area contributed by atoms with Crippen LogP contribution in [-0.4, -0.2) is 22.0 Å². The first kappa shape index (κ1) is 13.7. The molecule has 0 bridgehead atoms. The summed E-state index contributed by atoms with van der Waals surface area (Å²) in [4.78, 5) is 26.1. The van der Waals surface area contributed by atoms with Crippen molar-refractivity contribution in [2.75, 3.05) is 5.32 Å². The number of nitrogens with one attached hydrogen (secondary N) is 1. The highest BCUT2D eigenvalue weighted by Crippen LogP contribution is 2.17. The van der Waals surface area contributed by atoms with E-state index in [0.29, 0.717) is 11.3 Å².